The van der Waals surface area contributed by atoms with Crippen LogP contribution in [0.3, 0.4) is 0 Å². The molecule has 1 N–H and O–H groups in total. The van der Waals surface area contributed by atoms with Gasteiger partial charge in [-0.25, -0.2) is 8.42 Å². The van der Waals surface area contributed by atoms with Crippen LogP contribution in [-0.2, 0) is 19.6 Å². The smallest absolute Gasteiger partial charge is 0.262 e. The first-order chi connectivity index (χ1) is 13.6. The molecule has 0 aliphatic carbocycles. The van der Waals surface area contributed by atoms with E-state index in [0.29, 0.717) is 0 Å². The first-order valence-corrected chi connectivity index (χ1v) is 11.1. The van der Waals surface area contributed by atoms with Crippen LogP contribution in [0.5, 0.6) is 0 Å². The molecule has 0 saturated carbocycles. The van der Waals surface area contributed by atoms with Crippen molar-refractivity contribution in [1.29, 1.82) is 0 Å². The molecule has 1 saturated heterocycles. The number of rotatable bonds is 6. The molecule has 1 aromatic rings. The summed E-state index contributed by atoms with van der Waals surface area (Å²) in [6, 6.07) is 5.33. The highest BCUT2D eigenvalue weighted by Crippen LogP contribution is 2.24. The van der Waals surface area contributed by atoms with E-state index in [2.05, 4.69) is 5.32 Å². The van der Waals surface area contributed by atoms with E-state index in [0.717, 1.165) is 4.90 Å². The van der Waals surface area contributed by atoms with Crippen LogP contribution in [0.2, 0.25) is 0 Å². The maximum Gasteiger partial charge on any atom is 0.262 e. The molecule has 2 heterocycles. The molecule has 3 amide bonds. The summed E-state index contributed by atoms with van der Waals surface area (Å²) in [5.74, 6) is -1.92. The lowest BCUT2D eigenvalue weighted by Gasteiger charge is -2.34. The third-order valence-corrected chi connectivity index (χ3v) is 6.84. The van der Waals surface area contributed by atoms with Crippen molar-refractivity contribution in [2.45, 2.75) is 39.0 Å². The van der Waals surface area contributed by atoms with Gasteiger partial charge in [0, 0.05) is 19.6 Å². The number of carbonyl (C=O) groups is 3. The van der Waals surface area contributed by atoms with Gasteiger partial charge < -0.3 is 10.1 Å². The van der Waals surface area contributed by atoms with Crippen LogP contribution in [0.25, 0.3) is 0 Å². The number of hydrogen-bond donors (Lipinski definition) is 1. The number of ether oxygens (including phenoxy) is 1. The summed E-state index contributed by atoms with van der Waals surface area (Å²) in [5, 5.41) is 2.52. The number of nitrogens with one attached hydrogen (secondary N) is 1. The van der Waals surface area contributed by atoms with E-state index in [-0.39, 0.29) is 48.7 Å². The normalized spacial score (nSPS) is 23.8. The molecule has 2 aliphatic heterocycles. The summed E-state index contributed by atoms with van der Waals surface area (Å²) >= 11 is 0. The van der Waals surface area contributed by atoms with Crippen molar-refractivity contribution >= 4 is 27.7 Å². The Morgan fingerprint density at radius 2 is 1.66 bits per heavy atom. The van der Waals surface area contributed by atoms with Crippen LogP contribution < -0.4 is 5.32 Å². The van der Waals surface area contributed by atoms with Gasteiger partial charge in [-0.3, -0.25) is 19.3 Å². The number of amides is 3. The summed E-state index contributed by atoms with van der Waals surface area (Å²) in [7, 11) is -3.56. The molecular weight excluding hydrogens is 398 g/mol. The molecular formula is C19H25N3O6S. The van der Waals surface area contributed by atoms with E-state index in [4.69, 9.17) is 4.74 Å². The van der Waals surface area contributed by atoms with Gasteiger partial charge in [0.1, 0.15) is 6.04 Å². The Kier molecular flexibility index (Phi) is 6.06. The molecule has 0 bridgehead atoms. The van der Waals surface area contributed by atoms with E-state index in [1.54, 1.807) is 12.1 Å². The van der Waals surface area contributed by atoms with Gasteiger partial charge in [0.15, 0.2) is 0 Å². The minimum atomic E-state index is -3.56. The first-order valence-electron chi connectivity index (χ1n) is 9.49. The summed E-state index contributed by atoms with van der Waals surface area (Å²) in [5.41, 5.74) is 0.519. The van der Waals surface area contributed by atoms with E-state index in [1.165, 1.54) is 23.4 Å². The van der Waals surface area contributed by atoms with E-state index < -0.39 is 33.8 Å². The number of fused-ring (bicyclic) bond motifs is 1. The third kappa shape index (κ3) is 4.34. The maximum atomic E-state index is 12.5. The molecule has 29 heavy (non-hydrogen) atoms. The fourth-order valence-corrected chi connectivity index (χ4v) is 5.11. The molecule has 1 fully saturated rings. The molecule has 0 radical (unpaired) electrons. The number of sulfonamides is 1. The molecule has 158 valence electrons. The van der Waals surface area contributed by atoms with Crippen LogP contribution in [0, 0.1) is 0 Å². The molecule has 3 unspecified atom stereocenters. The highest BCUT2D eigenvalue weighted by molar-refractivity contribution is 7.89. The Bertz CT molecular complexity index is 887. The Hall–Kier alpha value is -2.30. The van der Waals surface area contributed by atoms with Crippen molar-refractivity contribution in [3.63, 3.8) is 0 Å². The fourth-order valence-electron chi connectivity index (χ4n) is 3.61. The van der Waals surface area contributed by atoms with E-state index in [1.807, 2.05) is 13.8 Å². The Labute approximate surface area is 170 Å². The van der Waals surface area contributed by atoms with Crippen LogP contribution >= 0.6 is 0 Å². The standard InChI is InChI=1S/C19H25N3O6S/c1-12-10-21(11-13(2)28-12)29(26,27)9-8-20-17(23)14(3)22-18(24)15-6-4-5-7-16(15)19(22)25/h4-7,12-14H,8-11H2,1-3H3,(H,20,23). The summed E-state index contributed by atoms with van der Waals surface area (Å²) < 4.78 is 32.0. The van der Waals surface area contributed by atoms with Crippen LogP contribution in [0.1, 0.15) is 41.5 Å². The van der Waals surface area contributed by atoms with Gasteiger partial charge in [-0.05, 0) is 32.9 Å². The summed E-state index contributed by atoms with van der Waals surface area (Å²) in [6.07, 6.45) is -0.395. The van der Waals surface area contributed by atoms with Gasteiger partial charge in [0.2, 0.25) is 15.9 Å². The average Bonchev–Trinajstić information content (AvgIpc) is 2.91. The fraction of sp³-hybridized carbons (Fsp3) is 0.526. The van der Waals surface area contributed by atoms with Gasteiger partial charge in [-0.15, -0.1) is 0 Å². The van der Waals surface area contributed by atoms with Crippen molar-refractivity contribution in [2.24, 2.45) is 0 Å². The van der Waals surface area contributed by atoms with Gasteiger partial charge in [0.05, 0.1) is 29.1 Å². The minimum Gasteiger partial charge on any atom is -0.373 e. The van der Waals surface area contributed by atoms with E-state index >= 15 is 0 Å². The second-order valence-electron chi connectivity index (χ2n) is 7.38. The average molecular weight is 423 g/mol. The zero-order chi connectivity index (χ0) is 21.3. The zero-order valence-corrected chi connectivity index (χ0v) is 17.4. The van der Waals surface area contributed by atoms with Crippen LogP contribution in [0.15, 0.2) is 24.3 Å². The quantitative estimate of drug-likeness (QED) is 0.655. The molecule has 2 aliphatic rings. The Balaban J connectivity index is 1.57. The highest BCUT2D eigenvalue weighted by atomic mass is 32.2. The zero-order valence-electron chi connectivity index (χ0n) is 16.6. The minimum absolute atomic E-state index is 0.116. The second kappa shape index (κ2) is 8.21. The monoisotopic (exact) mass is 423 g/mol. The molecule has 1 aromatic carbocycles. The van der Waals surface area contributed by atoms with Crippen LogP contribution in [-0.4, -0.2) is 79.0 Å². The van der Waals surface area contributed by atoms with Crippen molar-refractivity contribution in [3.8, 4) is 0 Å². The van der Waals surface area contributed by atoms with Crippen LogP contribution in [0.4, 0.5) is 0 Å². The topological polar surface area (TPSA) is 113 Å². The van der Waals surface area contributed by atoms with Crippen molar-refractivity contribution in [1.82, 2.24) is 14.5 Å². The lowest BCUT2D eigenvalue weighted by atomic mass is 10.1. The number of benzene rings is 1. The molecule has 3 rings (SSSR count). The third-order valence-electron chi connectivity index (χ3n) is 5.03. The number of hydrogen-bond acceptors (Lipinski definition) is 6. The number of carbonyl (C=O) groups excluding carboxylic acids is 3. The molecule has 3 atom stereocenters. The highest BCUT2D eigenvalue weighted by Gasteiger charge is 2.40. The largest absolute Gasteiger partial charge is 0.373 e. The molecule has 0 aromatic heterocycles. The maximum absolute atomic E-state index is 12.5. The lowest BCUT2D eigenvalue weighted by molar-refractivity contribution is -0.124. The second-order valence-corrected chi connectivity index (χ2v) is 9.47. The van der Waals surface area contributed by atoms with Crippen molar-refractivity contribution < 1.29 is 27.5 Å². The number of morpholine rings is 1. The first kappa shape index (κ1) is 21.4. The SMILES string of the molecule is CC1CN(S(=O)(=O)CCNC(=O)C(C)N2C(=O)c3ccccc3C2=O)CC(C)O1. The van der Waals surface area contributed by atoms with Gasteiger partial charge >= 0.3 is 0 Å². The van der Waals surface area contributed by atoms with Crippen molar-refractivity contribution in [2.75, 3.05) is 25.4 Å². The van der Waals surface area contributed by atoms with Crippen molar-refractivity contribution in [3.05, 3.63) is 35.4 Å². The molecule has 10 heteroatoms. The summed E-state index contributed by atoms with van der Waals surface area (Å²) in [4.78, 5) is 38.3. The molecule has 9 nitrogen and oxygen atoms in total. The number of nitrogens with zero attached hydrogens (tertiary/aromatic N) is 2. The molecule has 0 spiro atoms. The van der Waals surface area contributed by atoms with Gasteiger partial charge in [-0.1, -0.05) is 12.1 Å². The van der Waals surface area contributed by atoms with Gasteiger partial charge in [-0.2, -0.15) is 4.31 Å². The number of imide groups is 1. The van der Waals surface area contributed by atoms with E-state index in [9.17, 15) is 22.8 Å². The lowest BCUT2D eigenvalue weighted by Crippen LogP contribution is -2.51. The predicted octanol–water partition coefficient (Wildman–Crippen LogP) is 0.226. The van der Waals surface area contributed by atoms with Gasteiger partial charge in [0.25, 0.3) is 11.8 Å². The Morgan fingerprint density at radius 1 is 1.14 bits per heavy atom. The Morgan fingerprint density at radius 3 is 2.17 bits per heavy atom. The summed E-state index contributed by atoms with van der Waals surface area (Å²) in [6.45, 7) is 5.48. The predicted molar refractivity (Wildman–Crippen MR) is 105 cm³/mol.